The molecule has 1 aromatic rings. The summed E-state index contributed by atoms with van der Waals surface area (Å²) in [6.45, 7) is 1.78. The van der Waals surface area contributed by atoms with Gasteiger partial charge in [0.25, 0.3) is 0 Å². The van der Waals surface area contributed by atoms with Crippen molar-refractivity contribution in [3.05, 3.63) is 16.8 Å². The van der Waals surface area contributed by atoms with E-state index < -0.39 is 25.7 Å². The first-order chi connectivity index (χ1) is 8.34. The quantitative estimate of drug-likeness (QED) is 0.661. The average Bonchev–Trinajstić information content (AvgIpc) is 2.30. The van der Waals surface area contributed by atoms with Gasteiger partial charge in [-0.05, 0) is 6.92 Å². The molecular formula is C8H15N4O5P. The van der Waals surface area contributed by atoms with Crippen molar-refractivity contribution >= 4 is 13.5 Å². The SMILES string of the molecule is COP(=O)(O)CO[C@H](C)Cn1cnc(N)nc1=O. The van der Waals surface area contributed by atoms with E-state index >= 15 is 0 Å². The Balaban J connectivity index is 2.57. The number of hydrogen-bond acceptors (Lipinski definition) is 7. The minimum Gasteiger partial charge on any atom is -0.368 e. The highest BCUT2D eigenvalue weighted by atomic mass is 31.2. The number of nitrogen functional groups attached to an aromatic ring is 1. The molecule has 0 saturated carbocycles. The van der Waals surface area contributed by atoms with Gasteiger partial charge in [-0.25, -0.2) is 9.78 Å². The van der Waals surface area contributed by atoms with Crippen molar-refractivity contribution in [2.75, 3.05) is 19.2 Å². The van der Waals surface area contributed by atoms with Crippen LogP contribution in [0, 0.1) is 0 Å². The van der Waals surface area contributed by atoms with Crippen molar-refractivity contribution in [3.8, 4) is 0 Å². The van der Waals surface area contributed by atoms with Crippen LogP contribution in [0.15, 0.2) is 11.1 Å². The standard InChI is InChI=1S/C8H15N4O5P/c1-6(17-5-18(14,15)16-2)3-12-4-10-7(9)11-8(12)13/h4,6H,3,5H2,1-2H3,(H,14,15)(H2,9,11,13)/t6-/m1/s1. The lowest BCUT2D eigenvalue weighted by atomic mass is 10.4. The minimum atomic E-state index is -3.71. The maximum absolute atomic E-state index is 11.4. The molecule has 0 spiro atoms. The number of ether oxygens (including phenoxy) is 1. The zero-order valence-electron chi connectivity index (χ0n) is 10.0. The molecule has 0 aliphatic carbocycles. The molecule has 0 aliphatic rings. The van der Waals surface area contributed by atoms with Crippen LogP contribution in [0.5, 0.6) is 0 Å². The second-order valence-corrected chi connectivity index (χ2v) is 5.47. The lowest BCUT2D eigenvalue weighted by Crippen LogP contribution is -2.29. The second-order valence-electron chi connectivity index (χ2n) is 3.58. The molecule has 1 unspecified atom stereocenters. The van der Waals surface area contributed by atoms with E-state index in [4.69, 9.17) is 15.4 Å². The Kier molecular flexibility index (Phi) is 4.97. The predicted molar refractivity (Wildman–Crippen MR) is 63.0 cm³/mol. The Bertz CT molecular complexity index is 505. The molecule has 10 heteroatoms. The van der Waals surface area contributed by atoms with E-state index in [9.17, 15) is 9.36 Å². The fourth-order valence-corrected chi connectivity index (χ4v) is 1.65. The van der Waals surface area contributed by atoms with Crippen molar-refractivity contribution in [3.63, 3.8) is 0 Å². The zero-order valence-corrected chi connectivity index (χ0v) is 10.9. The fourth-order valence-electron chi connectivity index (χ4n) is 1.10. The van der Waals surface area contributed by atoms with Crippen LogP contribution in [0.25, 0.3) is 0 Å². The van der Waals surface area contributed by atoms with Gasteiger partial charge in [0.2, 0.25) is 5.95 Å². The molecule has 1 rings (SSSR count). The van der Waals surface area contributed by atoms with E-state index in [1.54, 1.807) is 6.92 Å². The van der Waals surface area contributed by atoms with Crippen molar-refractivity contribution in [1.29, 1.82) is 0 Å². The maximum atomic E-state index is 11.4. The second kappa shape index (κ2) is 6.05. The molecule has 0 fully saturated rings. The minimum absolute atomic E-state index is 0.107. The van der Waals surface area contributed by atoms with E-state index in [0.29, 0.717) is 0 Å². The summed E-state index contributed by atoms with van der Waals surface area (Å²) in [6.07, 6.45) is 0.305. The highest BCUT2D eigenvalue weighted by Crippen LogP contribution is 2.40. The van der Waals surface area contributed by atoms with Gasteiger partial charge in [0.05, 0.1) is 12.6 Å². The molecule has 3 N–H and O–H groups in total. The highest BCUT2D eigenvalue weighted by Gasteiger charge is 2.19. The van der Waals surface area contributed by atoms with Gasteiger partial charge in [0.15, 0.2) is 0 Å². The van der Waals surface area contributed by atoms with Crippen molar-refractivity contribution in [1.82, 2.24) is 14.5 Å². The molecule has 0 amide bonds. The van der Waals surface area contributed by atoms with Crippen molar-refractivity contribution < 1.29 is 18.7 Å². The van der Waals surface area contributed by atoms with Crippen LogP contribution >= 0.6 is 7.60 Å². The lowest BCUT2D eigenvalue weighted by Gasteiger charge is -2.15. The third kappa shape index (κ3) is 4.53. The third-order valence-corrected chi connectivity index (χ3v) is 3.09. The molecule has 102 valence electrons. The summed E-state index contributed by atoms with van der Waals surface area (Å²) in [4.78, 5) is 27.6. The first-order valence-electron chi connectivity index (χ1n) is 5.02. The van der Waals surface area contributed by atoms with Crippen LogP contribution in [0.3, 0.4) is 0 Å². The summed E-state index contributed by atoms with van der Waals surface area (Å²) in [5, 5.41) is 0. The lowest BCUT2D eigenvalue weighted by molar-refractivity contribution is 0.0723. The van der Waals surface area contributed by atoms with Crippen molar-refractivity contribution in [2.45, 2.75) is 19.6 Å². The monoisotopic (exact) mass is 278 g/mol. The summed E-state index contributed by atoms with van der Waals surface area (Å²) in [5.41, 5.74) is 4.68. The molecule has 2 atom stereocenters. The molecular weight excluding hydrogens is 263 g/mol. The van der Waals surface area contributed by atoms with E-state index in [-0.39, 0.29) is 12.5 Å². The molecule has 1 aromatic heterocycles. The first-order valence-corrected chi connectivity index (χ1v) is 6.78. The predicted octanol–water partition coefficient (Wildman–Crippen LogP) is -0.585. The molecule has 9 nitrogen and oxygen atoms in total. The summed E-state index contributed by atoms with van der Waals surface area (Å²) < 4.78 is 21.8. The fraction of sp³-hybridized carbons (Fsp3) is 0.625. The number of nitrogens with zero attached hydrogens (tertiary/aromatic N) is 3. The van der Waals surface area contributed by atoms with Crippen LogP contribution < -0.4 is 11.4 Å². The Morgan fingerprint density at radius 2 is 2.33 bits per heavy atom. The Hall–Kier alpha value is -1.28. The van der Waals surface area contributed by atoms with Gasteiger partial charge in [0.1, 0.15) is 12.7 Å². The number of nitrogens with two attached hydrogens (primary N) is 1. The van der Waals surface area contributed by atoms with Gasteiger partial charge < -0.3 is 19.9 Å². The third-order valence-electron chi connectivity index (χ3n) is 2.05. The molecule has 0 radical (unpaired) electrons. The van der Waals surface area contributed by atoms with Crippen LogP contribution in [-0.4, -0.2) is 39.0 Å². The zero-order chi connectivity index (χ0) is 13.8. The summed E-state index contributed by atoms with van der Waals surface area (Å²) in [7, 11) is -2.59. The van der Waals surface area contributed by atoms with Crippen LogP contribution in [0.1, 0.15) is 6.92 Å². The van der Waals surface area contributed by atoms with E-state index in [0.717, 1.165) is 7.11 Å². The van der Waals surface area contributed by atoms with Crippen molar-refractivity contribution in [2.24, 2.45) is 0 Å². The Morgan fingerprint density at radius 1 is 1.67 bits per heavy atom. The normalized spacial score (nSPS) is 16.2. The first kappa shape index (κ1) is 14.8. The molecule has 0 saturated heterocycles. The number of hydrogen-bond donors (Lipinski definition) is 2. The van der Waals surface area contributed by atoms with Crippen LogP contribution in [-0.2, 0) is 20.4 Å². The number of anilines is 1. The summed E-state index contributed by atoms with van der Waals surface area (Å²) >= 11 is 0. The summed E-state index contributed by atoms with van der Waals surface area (Å²) in [5.74, 6) is -0.107. The van der Waals surface area contributed by atoms with E-state index in [2.05, 4.69) is 14.5 Å². The van der Waals surface area contributed by atoms with Gasteiger partial charge in [-0.2, -0.15) is 4.98 Å². The van der Waals surface area contributed by atoms with E-state index in [1.165, 1.54) is 10.9 Å². The van der Waals surface area contributed by atoms with Gasteiger partial charge in [-0.15, -0.1) is 0 Å². The van der Waals surface area contributed by atoms with E-state index in [1.807, 2.05) is 0 Å². The van der Waals surface area contributed by atoms with Gasteiger partial charge in [-0.3, -0.25) is 9.13 Å². The summed E-state index contributed by atoms with van der Waals surface area (Å²) in [6, 6.07) is 0. The Morgan fingerprint density at radius 3 is 2.89 bits per heavy atom. The molecule has 0 bridgehead atoms. The van der Waals surface area contributed by atoms with Crippen LogP contribution in [0.4, 0.5) is 5.95 Å². The van der Waals surface area contributed by atoms with Gasteiger partial charge >= 0.3 is 13.3 Å². The van der Waals surface area contributed by atoms with Crippen LogP contribution in [0.2, 0.25) is 0 Å². The topological polar surface area (TPSA) is 130 Å². The average molecular weight is 278 g/mol. The molecule has 0 aliphatic heterocycles. The smallest absolute Gasteiger partial charge is 0.353 e. The Labute approximate surface area is 103 Å². The highest BCUT2D eigenvalue weighted by molar-refractivity contribution is 7.52. The molecule has 18 heavy (non-hydrogen) atoms. The van der Waals surface area contributed by atoms with Gasteiger partial charge in [-0.1, -0.05) is 0 Å². The number of rotatable bonds is 6. The largest absolute Gasteiger partial charge is 0.368 e. The number of aromatic nitrogens is 3. The molecule has 1 heterocycles. The molecule has 0 aromatic carbocycles. The van der Waals surface area contributed by atoms with Gasteiger partial charge in [0, 0.05) is 7.11 Å². The maximum Gasteiger partial charge on any atom is 0.353 e.